The summed E-state index contributed by atoms with van der Waals surface area (Å²) in [5.41, 5.74) is 1.75. The van der Waals surface area contributed by atoms with Crippen molar-refractivity contribution >= 4 is 22.6 Å². The summed E-state index contributed by atoms with van der Waals surface area (Å²) in [5, 5.41) is 5.40. The molecule has 0 atom stereocenters. The number of nitrogens with one attached hydrogen (secondary N) is 1. The van der Waals surface area contributed by atoms with Gasteiger partial charge in [0.05, 0.1) is 6.42 Å². The average Bonchev–Trinajstić information content (AvgIpc) is 2.75. The Labute approximate surface area is 165 Å². The molecule has 2 amide bonds. The summed E-state index contributed by atoms with van der Waals surface area (Å²) in [4.78, 5) is 27.0. The van der Waals surface area contributed by atoms with Crippen molar-refractivity contribution in [3.63, 3.8) is 0 Å². The molecule has 1 N–H and O–H groups in total. The van der Waals surface area contributed by atoms with Gasteiger partial charge in [-0.1, -0.05) is 60.7 Å². The van der Waals surface area contributed by atoms with Gasteiger partial charge in [-0.15, -0.1) is 0 Å². The van der Waals surface area contributed by atoms with Crippen LogP contribution in [0.1, 0.15) is 28.8 Å². The summed E-state index contributed by atoms with van der Waals surface area (Å²) >= 11 is 0. The van der Waals surface area contributed by atoms with E-state index in [2.05, 4.69) is 23.5 Å². The van der Waals surface area contributed by atoms with Crippen molar-refractivity contribution in [2.45, 2.75) is 25.3 Å². The Morgan fingerprint density at radius 1 is 0.857 bits per heavy atom. The van der Waals surface area contributed by atoms with Crippen molar-refractivity contribution in [3.8, 4) is 0 Å². The van der Waals surface area contributed by atoms with Crippen molar-refractivity contribution in [3.05, 3.63) is 83.9 Å². The van der Waals surface area contributed by atoms with Gasteiger partial charge in [-0.25, -0.2) is 0 Å². The van der Waals surface area contributed by atoms with Gasteiger partial charge in [0.25, 0.3) is 5.91 Å². The summed E-state index contributed by atoms with van der Waals surface area (Å²) in [6.07, 6.45) is 2.00. The molecule has 0 aliphatic carbocycles. The van der Waals surface area contributed by atoms with Crippen LogP contribution in [0, 0.1) is 0 Å². The Morgan fingerprint density at radius 2 is 1.54 bits per heavy atom. The molecule has 0 radical (unpaired) electrons. The number of fused-ring (bicyclic) bond motifs is 1. The molecule has 1 aliphatic rings. The maximum absolute atomic E-state index is 12.8. The van der Waals surface area contributed by atoms with E-state index in [4.69, 9.17) is 0 Å². The lowest BCUT2D eigenvalue weighted by molar-refractivity contribution is -0.131. The Hall–Kier alpha value is -3.14. The number of likely N-dealkylation sites (tertiary alicyclic amines) is 1. The Morgan fingerprint density at radius 3 is 2.32 bits per heavy atom. The minimum Gasteiger partial charge on any atom is -0.349 e. The topological polar surface area (TPSA) is 49.4 Å². The van der Waals surface area contributed by atoms with Crippen molar-refractivity contribution in [1.82, 2.24) is 10.2 Å². The molecule has 0 bridgehead atoms. The summed E-state index contributed by atoms with van der Waals surface area (Å²) in [6.45, 7) is 1.37. The fourth-order valence-corrected chi connectivity index (χ4v) is 3.85. The van der Waals surface area contributed by atoms with E-state index >= 15 is 0 Å². The van der Waals surface area contributed by atoms with E-state index in [9.17, 15) is 9.59 Å². The zero-order valence-corrected chi connectivity index (χ0v) is 15.8. The standard InChI is InChI=1S/C24H24N2O2/c27-23(17-20-11-6-10-18-7-4-5-12-22(18)20)26-15-13-21(14-16-26)25-24(28)19-8-2-1-3-9-19/h1-12,21H,13-17H2,(H,25,28). The Balaban J connectivity index is 1.33. The van der Waals surface area contributed by atoms with Gasteiger partial charge in [0.2, 0.25) is 5.91 Å². The zero-order valence-electron chi connectivity index (χ0n) is 15.8. The van der Waals surface area contributed by atoms with E-state index in [1.165, 1.54) is 0 Å². The van der Waals surface area contributed by atoms with Crippen molar-refractivity contribution < 1.29 is 9.59 Å². The minimum absolute atomic E-state index is 0.0406. The maximum Gasteiger partial charge on any atom is 0.251 e. The van der Waals surface area contributed by atoms with Gasteiger partial charge in [-0.3, -0.25) is 9.59 Å². The lowest BCUT2D eigenvalue weighted by atomic mass is 10.00. The molecule has 4 nitrogen and oxygen atoms in total. The third kappa shape index (κ3) is 4.06. The van der Waals surface area contributed by atoms with E-state index in [-0.39, 0.29) is 17.9 Å². The molecule has 0 aromatic heterocycles. The Bertz CT molecular complexity index is 971. The number of carbonyl (C=O) groups excluding carboxylic acids is 2. The van der Waals surface area contributed by atoms with Crippen LogP contribution in [0.15, 0.2) is 72.8 Å². The molecule has 28 heavy (non-hydrogen) atoms. The van der Waals surface area contributed by atoms with Gasteiger partial charge in [0, 0.05) is 24.7 Å². The second-order valence-electron chi connectivity index (χ2n) is 7.31. The Kier molecular flexibility index (Phi) is 5.38. The second kappa shape index (κ2) is 8.26. The largest absolute Gasteiger partial charge is 0.349 e. The van der Waals surface area contributed by atoms with E-state index in [1.807, 2.05) is 59.5 Å². The fraction of sp³-hybridized carbons (Fsp3) is 0.250. The quantitative estimate of drug-likeness (QED) is 0.757. The number of amides is 2. The van der Waals surface area contributed by atoms with Crippen molar-refractivity contribution in [1.29, 1.82) is 0 Å². The number of carbonyl (C=O) groups is 2. The third-order valence-electron chi connectivity index (χ3n) is 5.44. The molecule has 1 heterocycles. The first-order chi connectivity index (χ1) is 13.7. The number of benzene rings is 3. The van der Waals surface area contributed by atoms with Crippen LogP contribution in [-0.2, 0) is 11.2 Å². The molecular formula is C24H24N2O2. The first-order valence-corrected chi connectivity index (χ1v) is 9.81. The van der Waals surface area contributed by atoms with E-state index in [0.717, 1.165) is 29.2 Å². The number of hydrogen-bond donors (Lipinski definition) is 1. The first-order valence-electron chi connectivity index (χ1n) is 9.81. The van der Waals surface area contributed by atoms with Gasteiger partial charge in [0.15, 0.2) is 0 Å². The molecule has 4 heteroatoms. The smallest absolute Gasteiger partial charge is 0.251 e. The molecule has 3 aromatic carbocycles. The molecule has 1 aliphatic heterocycles. The van der Waals surface area contributed by atoms with Crippen LogP contribution in [0.5, 0.6) is 0 Å². The van der Waals surface area contributed by atoms with Gasteiger partial charge in [0.1, 0.15) is 0 Å². The van der Waals surface area contributed by atoms with Gasteiger partial charge < -0.3 is 10.2 Å². The van der Waals surface area contributed by atoms with Crippen LogP contribution in [0.3, 0.4) is 0 Å². The van der Waals surface area contributed by atoms with E-state index in [0.29, 0.717) is 25.1 Å². The molecule has 142 valence electrons. The van der Waals surface area contributed by atoms with E-state index in [1.54, 1.807) is 0 Å². The summed E-state index contributed by atoms with van der Waals surface area (Å²) in [7, 11) is 0. The average molecular weight is 372 g/mol. The van der Waals surface area contributed by atoms with Gasteiger partial charge in [-0.05, 0) is 41.3 Å². The monoisotopic (exact) mass is 372 g/mol. The second-order valence-corrected chi connectivity index (χ2v) is 7.31. The van der Waals surface area contributed by atoms with E-state index < -0.39 is 0 Å². The summed E-state index contributed by atoms with van der Waals surface area (Å²) < 4.78 is 0. The van der Waals surface area contributed by atoms with Crippen LogP contribution in [0.2, 0.25) is 0 Å². The third-order valence-corrected chi connectivity index (χ3v) is 5.44. The maximum atomic E-state index is 12.8. The lowest BCUT2D eigenvalue weighted by Gasteiger charge is -2.32. The number of nitrogens with zero attached hydrogens (tertiary/aromatic N) is 1. The zero-order chi connectivity index (χ0) is 19.3. The van der Waals surface area contributed by atoms with Crippen molar-refractivity contribution in [2.75, 3.05) is 13.1 Å². The molecular weight excluding hydrogens is 348 g/mol. The van der Waals surface area contributed by atoms with Crippen LogP contribution in [-0.4, -0.2) is 35.8 Å². The number of rotatable bonds is 4. The molecule has 1 saturated heterocycles. The SMILES string of the molecule is O=C(NC1CCN(C(=O)Cc2cccc3ccccc23)CC1)c1ccccc1. The number of hydrogen-bond acceptors (Lipinski definition) is 2. The van der Waals surface area contributed by atoms with Crippen LogP contribution in [0.4, 0.5) is 0 Å². The van der Waals surface area contributed by atoms with Gasteiger partial charge in [-0.2, -0.15) is 0 Å². The molecule has 3 aromatic rings. The number of piperidine rings is 1. The minimum atomic E-state index is -0.0406. The summed E-state index contributed by atoms with van der Waals surface area (Å²) in [6, 6.07) is 23.7. The molecule has 1 fully saturated rings. The van der Waals surface area contributed by atoms with Crippen LogP contribution in [0.25, 0.3) is 10.8 Å². The highest BCUT2D eigenvalue weighted by Gasteiger charge is 2.24. The first kappa shape index (κ1) is 18.2. The highest BCUT2D eigenvalue weighted by Crippen LogP contribution is 2.20. The predicted molar refractivity (Wildman–Crippen MR) is 111 cm³/mol. The summed E-state index contributed by atoms with van der Waals surface area (Å²) in [5.74, 6) is 0.116. The predicted octanol–water partition coefficient (Wildman–Crippen LogP) is 3.80. The molecule has 0 spiro atoms. The normalized spacial score (nSPS) is 14.8. The van der Waals surface area contributed by atoms with Crippen LogP contribution < -0.4 is 5.32 Å². The highest BCUT2D eigenvalue weighted by molar-refractivity contribution is 5.94. The van der Waals surface area contributed by atoms with Gasteiger partial charge >= 0.3 is 0 Å². The fourth-order valence-electron chi connectivity index (χ4n) is 3.85. The molecule has 0 unspecified atom stereocenters. The van der Waals surface area contributed by atoms with Crippen molar-refractivity contribution in [2.24, 2.45) is 0 Å². The lowest BCUT2D eigenvalue weighted by Crippen LogP contribution is -2.47. The molecule has 0 saturated carbocycles. The molecule has 4 rings (SSSR count). The highest BCUT2D eigenvalue weighted by atomic mass is 16.2. The van der Waals surface area contributed by atoms with Crippen LogP contribution >= 0.6 is 0 Å².